The Labute approximate surface area is 131 Å². The average Bonchev–Trinajstić information content (AvgIpc) is 2.47. The molecular formula is C17H13BrN2O. The molecule has 1 N–H and O–H groups in total. The summed E-state index contributed by atoms with van der Waals surface area (Å²) in [5.41, 5.74) is 2.48. The summed E-state index contributed by atoms with van der Waals surface area (Å²) in [7, 11) is 0. The Bertz CT molecular complexity index is 825. The molecule has 1 heterocycles. The standard InChI is InChI=1S/C17H13BrN2O/c1-11-5-6-13(15(18)9-11)17(21)20-16-4-2-3-12-7-8-19-10-14(12)16/h2-10H,1H3,(H,20,21). The van der Waals surface area contributed by atoms with Gasteiger partial charge in [-0.1, -0.05) is 18.2 Å². The van der Waals surface area contributed by atoms with Gasteiger partial charge in [0.2, 0.25) is 0 Å². The van der Waals surface area contributed by atoms with E-state index in [0.29, 0.717) is 5.56 Å². The molecule has 2 aromatic carbocycles. The first-order chi connectivity index (χ1) is 10.1. The number of carbonyl (C=O) groups excluding carboxylic acids is 1. The predicted octanol–water partition coefficient (Wildman–Crippen LogP) is 4.56. The molecule has 0 unspecified atom stereocenters. The average molecular weight is 341 g/mol. The smallest absolute Gasteiger partial charge is 0.256 e. The fourth-order valence-corrected chi connectivity index (χ4v) is 2.89. The van der Waals surface area contributed by atoms with Crippen LogP contribution in [0.3, 0.4) is 0 Å². The Morgan fingerprint density at radius 2 is 2.05 bits per heavy atom. The number of aromatic nitrogens is 1. The largest absolute Gasteiger partial charge is 0.321 e. The molecule has 0 saturated heterocycles. The third-order valence-corrected chi connectivity index (χ3v) is 3.96. The number of amides is 1. The lowest BCUT2D eigenvalue weighted by atomic mass is 10.1. The lowest BCUT2D eigenvalue weighted by Gasteiger charge is -2.10. The summed E-state index contributed by atoms with van der Waals surface area (Å²) in [6.45, 7) is 1.99. The number of aryl methyl sites for hydroxylation is 1. The van der Waals surface area contributed by atoms with Gasteiger partial charge in [0.1, 0.15) is 0 Å². The highest BCUT2D eigenvalue weighted by atomic mass is 79.9. The Hall–Kier alpha value is -2.20. The van der Waals surface area contributed by atoms with Gasteiger partial charge in [-0.3, -0.25) is 9.78 Å². The van der Waals surface area contributed by atoms with Gasteiger partial charge in [-0.25, -0.2) is 0 Å². The molecule has 104 valence electrons. The molecule has 0 saturated carbocycles. The molecule has 3 aromatic rings. The molecule has 0 radical (unpaired) electrons. The fourth-order valence-electron chi connectivity index (χ4n) is 2.22. The van der Waals surface area contributed by atoms with Crippen LogP contribution in [0.5, 0.6) is 0 Å². The molecule has 1 amide bonds. The molecule has 0 aliphatic heterocycles. The maximum atomic E-state index is 12.4. The summed E-state index contributed by atoms with van der Waals surface area (Å²) in [6.07, 6.45) is 3.50. The van der Waals surface area contributed by atoms with E-state index in [1.165, 1.54) is 0 Å². The first kappa shape index (κ1) is 13.8. The van der Waals surface area contributed by atoms with Crippen molar-refractivity contribution in [2.24, 2.45) is 0 Å². The highest BCUT2D eigenvalue weighted by molar-refractivity contribution is 9.10. The number of nitrogens with one attached hydrogen (secondary N) is 1. The summed E-state index contributed by atoms with van der Waals surface area (Å²) in [5.74, 6) is -0.141. The maximum Gasteiger partial charge on any atom is 0.256 e. The number of halogens is 1. The van der Waals surface area contributed by atoms with Crippen molar-refractivity contribution in [1.29, 1.82) is 0 Å². The molecule has 0 aliphatic carbocycles. The third kappa shape index (κ3) is 2.81. The molecule has 3 rings (SSSR count). The van der Waals surface area contributed by atoms with Crippen molar-refractivity contribution in [3.05, 3.63) is 70.5 Å². The van der Waals surface area contributed by atoms with Gasteiger partial charge in [0.15, 0.2) is 0 Å². The van der Waals surface area contributed by atoms with Crippen LogP contribution < -0.4 is 5.32 Å². The zero-order valence-electron chi connectivity index (χ0n) is 11.4. The van der Waals surface area contributed by atoms with Crippen LogP contribution in [0.1, 0.15) is 15.9 Å². The molecule has 3 nitrogen and oxygen atoms in total. The van der Waals surface area contributed by atoms with E-state index >= 15 is 0 Å². The number of nitrogens with zero attached hydrogens (tertiary/aromatic N) is 1. The third-order valence-electron chi connectivity index (χ3n) is 3.30. The van der Waals surface area contributed by atoms with Crippen LogP contribution in [0.15, 0.2) is 59.3 Å². The summed E-state index contributed by atoms with van der Waals surface area (Å²) in [5, 5.41) is 4.93. The predicted molar refractivity (Wildman–Crippen MR) is 88.6 cm³/mol. The minimum atomic E-state index is -0.141. The van der Waals surface area contributed by atoms with Crippen molar-refractivity contribution in [2.75, 3.05) is 5.32 Å². The lowest BCUT2D eigenvalue weighted by Crippen LogP contribution is -2.13. The number of hydrogen-bond acceptors (Lipinski definition) is 2. The first-order valence-electron chi connectivity index (χ1n) is 6.55. The molecule has 0 bridgehead atoms. The van der Waals surface area contributed by atoms with Crippen molar-refractivity contribution in [3.8, 4) is 0 Å². The number of hydrogen-bond donors (Lipinski definition) is 1. The Morgan fingerprint density at radius 1 is 1.19 bits per heavy atom. The van der Waals surface area contributed by atoms with E-state index in [-0.39, 0.29) is 5.91 Å². The number of anilines is 1. The topological polar surface area (TPSA) is 42.0 Å². The molecule has 1 aromatic heterocycles. The number of fused-ring (bicyclic) bond motifs is 1. The molecular weight excluding hydrogens is 328 g/mol. The molecule has 0 aliphatic rings. The highest BCUT2D eigenvalue weighted by Gasteiger charge is 2.11. The van der Waals surface area contributed by atoms with Gasteiger partial charge in [0.25, 0.3) is 5.91 Å². The minimum Gasteiger partial charge on any atom is -0.321 e. The normalized spacial score (nSPS) is 10.6. The quantitative estimate of drug-likeness (QED) is 0.743. The van der Waals surface area contributed by atoms with Gasteiger partial charge in [0.05, 0.1) is 11.3 Å². The number of pyridine rings is 1. The van der Waals surface area contributed by atoms with E-state index in [1.807, 2.05) is 49.4 Å². The van der Waals surface area contributed by atoms with Crippen LogP contribution in [0.25, 0.3) is 10.8 Å². The van der Waals surface area contributed by atoms with Gasteiger partial charge in [-0.15, -0.1) is 0 Å². The highest BCUT2D eigenvalue weighted by Crippen LogP contribution is 2.24. The number of carbonyl (C=O) groups is 1. The van der Waals surface area contributed by atoms with E-state index in [2.05, 4.69) is 26.2 Å². The van der Waals surface area contributed by atoms with Crippen molar-refractivity contribution in [3.63, 3.8) is 0 Å². The van der Waals surface area contributed by atoms with E-state index in [9.17, 15) is 4.79 Å². The summed E-state index contributed by atoms with van der Waals surface area (Å²) in [6, 6.07) is 13.4. The van der Waals surface area contributed by atoms with E-state index in [0.717, 1.165) is 26.5 Å². The van der Waals surface area contributed by atoms with Crippen LogP contribution in [0, 0.1) is 6.92 Å². The minimum absolute atomic E-state index is 0.141. The van der Waals surface area contributed by atoms with Crippen LogP contribution >= 0.6 is 15.9 Å². The maximum absolute atomic E-state index is 12.4. The molecule has 0 spiro atoms. The second kappa shape index (κ2) is 5.66. The first-order valence-corrected chi connectivity index (χ1v) is 7.35. The lowest BCUT2D eigenvalue weighted by molar-refractivity contribution is 0.102. The van der Waals surface area contributed by atoms with E-state index in [1.54, 1.807) is 12.4 Å². The Kier molecular flexibility index (Phi) is 3.71. The second-order valence-electron chi connectivity index (χ2n) is 4.84. The van der Waals surface area contributed by atoms with Crippen molar-refractivity contribution in [1.82, 2.24) is 4.98 Å². The fraction of sp³-hybridized carbons (Fsp3) is 0.0588. The van der Waals surface area contributed by atoms with Gasteiger partial charge >= 0.3 is 0 Å². The second-order valence-corrected chi connectivity index (χ2v) is 5.69. The molecule has 0 fully saturated rings. The molecule has 0 atom stereocenters. The molecule has 4 heteroatoms. The van der Waals surface area contributed by atoms with Crippen molar-refractivity contribution >= 4 is 38.3 Å². The van der Waals surface area contributed by atoms with E-state index in [4.69, 9.17) is 0 Å². The van der Waals surface area contributed by atoms with Gasteiger partial charge < -0.3 is 5.32 Å². The Balaban J connectivity index is 1.97. The summed E-state index contributed by atoms with van der Waals surface area (Å²) in [4.78, 5) is 16.6. The van der Waals surface area contributed by atoms with Crippen molar-refractivity contribution in [2.45, 2.75) is 6.92 Å². The zero-order valence-corrected chi connectivity index (χ0v) is 13.0. The molecule has 21 heavy (non-hydrogen) atoms. The van der Waals surface area contributed by atoms with Gasteiger partial charge in [-0.05, 0) is 58.1 Å². The summed E-state index contributed by atoms with van der Waals surface area (Å²) < 4.78 is 0.790. The van der Waals surface area contributed by atoms with Crippen LogP contribution in [0.2, 0.25) is 0 Å². The summed E-state index contributed by atoms with van der Waals surface area (Å²) >= 11 is 3.44. The van der Waals surface area contributed by atoms with Crippen LogP contribution in [0.4, 0.5) is 5.69 Å². The Morgan fingerprint density at radius 3 is 2.86 bits per heavy atom. The zero-order chi connectivity index (χ0) is 14.8. The SMILES string of the molecule is Cc1ccc(C(=O)Nc2cccc3ccncc23)c(Br)c1. The van der Waals surface area contributed by atoms with Gasteiger partial charge in [0, 0.05) is 22.3 Å². The van der Waals surface area contributed by atoms with Crippen molar-refractivity contribution < 1.29 is 4.79 Å². The number of benzene rings is 2. The van der Waals surface area contributed by atoms with E-state index < -0.39 is 0 Å². The van der Waals surface area contributed by atoms with Crippen LogP contribution in [-0.4, -0.2) is 10.9 Å². The number of rotatable bonds is 2. The monoisotopic (exact) mass is 340 g/mol. The van der Waals surface area contributed by atoms with Gasteiger partial charge in [-0.2, -0.15) is 0 Å². The van der Waals surface area contributed by atoms with Crippen LogP contribution in [-0.2, 0) is 0 Å².